The van der Waals surface area contributed by atoms with Crippen molar-refractivity contribution in [3.05, 3.63) is 77.1 Å². The topological polar surface area (TPSA) is 138 Å². The van der Waals surface area contributed by atoms with E-state index in [2.05, 4.69) is 20.7 Å². The molecule has 6 rings (SSSR count). The Kier molecular flexibility index (Phi) is 7.57. The van der Waals surface area contributed by atoms with Crippen LogP contribution in [-0.4, -0.2) is 69.9 Å². The molecule has 4 heterocycles. The fraction of sp³-hybridized carbons (Fsp3) is 0.300. The monoisotopic (exact) mass is 567 g/mol. The Labute approximate surface area is 242 Å². The number of fused-ring (bicyclic) bond motifs is 1. The molecule has 2 aromatic carbocycles. The molecule has 2 aromatic heterocycles. The Morgan fingerprint density at radius 3 is 2.76 bits per heavy atom. The standard InChI is InChI=1S/C30H29N7O5/c1-40-26-13-20(15-31)5-6-22(26)18-42-29-4-2-3-27(34-29)35-10-11-36(32-19-35)17-28-33-24-8-7-21(30(38)39)14-25(24)37(28)16-23-9-12-41-23/h2-8,13-14,19,23H,9-12,16-18H2,1H3,(H,38,39)/t23-/m0/s1. The zero-order valence-electron chi connectivity index (χ0n) is 23.0. The SMILES string of the molecule is COc1cc(C#N)ccc1COc1cccc(N2C=NN(Cc3nc4ccc(C(=O)O)cc4n3C[C@@H]3CCO3)CC2)n1. The van der Waals surface area contributed by atoms with E-state index >= 15 is 0 Å². The molecule has 0 amide bonds. The number of aromatic carboxylic acids is 1. The molecule has 42 heavy (non-hydrogen) atoms. The van der Waals surface area contributed by atoms with Crippen LogP contribution < -0.4 is 14.4 Å². The van der Waals surface area contributed by atoms with Crippen molar-refractivity contribution < 1.29 is 24.1 Å². The largest absolute Gasteiger partial charge is 0.496 e. The molecule has 0 spiro atoms. The molecule has 4 aromatic rings. The maximum absolute atomic E-state index is 11.6. The van der Waals surface area contributed by atoms with Crippen molar-refractivity contribution in [2.45, 2.75) is 32.2 Å². The summed E-state index contributed by atoms with van der Waals surface area (Å²) in [5, 5.41) is 25.2. The summed E-state index contributed by atoms with van der Waals surface area (Å²) < 4.78 is 19.0. The third kappa shape index (κ3) is 5.68. The number of hydrogen-bond donors (Lipinski definition) is 1. The van der Waals surface area contributed by atoms with Gasteiger partial charge in [-0.15, -0.1) is 0 Å². The Bertz CT molecular complexity index is 1690. The Morgan fingerprint density at radius 2 is 2.05 bits per heavy atom. The van der Waals surface area contributed by atoms with Gasteiger partial charge in [-0.25, -0.2) is 9.78 Å². The molecule has 12 heteroatoms. The molecule has 214 valence electrons. The van der Waals surface area contributed by atoms with Crippen molar-refractivity contribution in [1.29, 1.82) is 5.26 Å². The van der Waals surface area contributed by atoms with E-state index < -0.39 is 5.97 Å². The lowest BCUT2D eigenvalue weighted by Crippen LogP contribution is -2.38. The van der Waals surface area contributed by atoms with Crippen molar-refractivity contribution in [2.75, 3.05) is 31.7 Å². The minimum absolute atomic E-state index is 0.0913. The summed E-state index contributed by atoms with van der Waals surface area (Å²) in [7, 11) is 1.56. The third-order valence-corrected chi connectivity index (χ3v) is 7.33. The molecule has 12 nitrogen and oxygen atoms in total. The van der Waals surface area contributed by atoms with Crippen LogP contribution in [-0.2, 0) is 24.4 Å². The molecule has 0 saturated carbocycles. The molecule has 1 N–H and O–H groups in total. The predicted molar refractivity (Wildman–Crippen MR) is 154 cm³/mol. The number of carboxylic acid groups (broad SMARTS) is 1. The lowest BCUT2D eigenvalue weighted by Gasteiger charge is -2.30. The summed E-state index contributed by atoms with van der Waals surface area (Å²) in [6.45, 7) is 3.35. The highest BCUT2D eigenvalue weighted by atomic mass is 16.5. The third-order valence-electron chi connectivity index (χ3n) is 7.33. The second-order valence-electron chi connectivity index (χ2n) is 10.0. The molecule has 0 bridgehead atoms. The second kappa shape index (κ2) is 11.8. The first-order chi connectivity index (χ1) is 20.5. The highest BCUT2D eigenvalue weighted by molar-refractivity contribution is 5.92. The maximum Gasteiger partial charge on any atom is 0.335 e. The van der Waals surface area contributed by atoms with Gasteiger partial charge in [-0.3, -0.25) is 5.01 Å². The van der Waals surface area contributed by atoms with Crippen molar-refractivity contribution in [2.24, 2.45) is 5.10 Å². The first-order valence-electron chi connectivity index (χ1n) is 13.6. The van der Waals surface area contributed by atoms with Gasteiger partial charge in [0.1, 0.15) is 30.3 Å². The van der Waals surface area contributed by atoms with Gasteiger partial charge < -0.3 is 28.8 Å². The van der Waals surface area contributed by atoms with Gasteiger partial charge in [0, 0.05) is 24.8 Å². The molecular weight excluding hydrogens is 538 g/mol. The highest BCUT2D eigenvalue weighted by Crippen LogP contribution is 2.25. The predicted octanol–water partition coefficient (Wildman–Crippen LogP) is 3.64. The lowest BCUT2D eigenvalue weighted by atomic mass is 10.1. The quantitative estimate of drug-likeness (QED) is 0.302. The molecule has 0 radical (unpaired) electrons. The Hall–Kier alpha value is -5.15. The van der Waals surface area contributed by atoms with Crippen LogP contribution in [0.2, 0.25) is 0 Å². The average molecular weight is 568 g/mol. The van der Waals surface area contributed by atoms with Gasteiger partial charge in [0.2, 0.25) is 5.88 Å². The number of nitrogens with zero attached hydrogens (tertiary/aromatic N) is 7. The van der Waals surface area contributed by atoms with E-state index in [1.165, 1.54) is 0 Å². The second-order valence-corrected chi connectivity index (χ2v) is 10.0. The number of ether oxygens (including phenoxy) is 3. The normalized spacial score (nSPS) is 16.2. The molecule has 2 aliphatic heterocycles. The fourth-order valence-corrected chi connectivity index (χ4v) is 4.92. The van der Waals surface area contributed by atoms with Gasteiger partial charge in [-0.2, -0.15) is 15.3 Å². The van der Waals surface area contributed by atoms with E-state index in [0.29, 0.717) is 49.2 Å². The summed E-state index contributed by atoms with van der Waals surface area (Å²) in [4.78, 5) is 23.0. The summed E-state index contributed by atoms with van der Waals surface area (Å²) in [5.74, 6) is 1.59. The minimum Gasteiger partial charge on any atom is -0.496 e. The van der Waals surface area contributed by atoms with Crippen LogP contribution in [0.4, 0.5) is 5.82 Å². The minimum atomic E-state index is -0.969. The molecule has 1 saturated heterocycles. The smallest absolute Gasteiger partial charge is 0.335 e. The highest BCUT2D eigenvalue weighted by Gasteiger charge is 2.24. The summed E-state index contributed by atoms with van der Waals surface area (Å²) in [5.41, 5.74) is 3.09. The molecule has 1 atom stereocenters. The number of pyridine rings is 1. The number of aromatic nitrogens is 3. The molecule has 0 aliphatic carbocycles. The molecule has 2 aliphatic rings. The number of nitriles is 1. The Morgan fingerprint density at radius 1 is 1.17 bits per heavy atom. The van der Waals surface area contributed by atoms with Crippen LogP contribution in [0.25, 0.3) is 11.0 Å². The average Bonchev–Trinajstić information content (AvgIpc) is 3.34. The van der Waals surface area contributed by atoms with Crippen molar-refractivity contribution in [3.63, 3.8) is 0 Å². The summed E-state index contributed by atoms with van der Waals surface area (Å²) in [6.07, 6.45) is 2.79. The number of hydrazone groups is 1. The number of anilines is 1. The summed E-state index contributed by atoms with van der Waals surface area (Å²) >= 11 is 0. The Balaban J connectivity index is 1.14. The number of imidazole rings is 1. The van der Waals surface area contributed by atoms with Crippen molar-refractivity contribution in [1.82, 2.24) is 19.5 Å². The van der Waals surface area contributed by atoms with E-state index in [9.17, 15) is 9.90 Å². The van der Waals surface area contributed by atoms with Gasteiger partial charge >= 0.3 is 5.97 Å². The number of carbonyl (C=O) groups is 1. The van der Waals surface area contributed by atoms with Gasteiger partial charge in [-0.1, -0.05) is 12.1 Å². The van der Waals surface area contributed by atoms with E-state index in [1.54, 1.807) is 49.8 Å². The number of rotatable bonds is 10. The van der Waals surface area contributed by atoms with Crippen LogP contribution in [0.1, 0.15) is 33.7 Å². The van der Waals surface area contributed by atoms with Gasteiger partial charge in [0.05, 0.1) is 61.1 Å². The zero-order chi connectivity index (χ0) is 29.1. The number of methoxy groups -OCH3 is 1. The van der Waals surface area contributed by atoms with Gasteiger partial charge in [0.15, 0.2) is 0 Å². The lowest BCUT2D eigenvalue weighted by molar-refractivity contribution is -0.0592. The van der Waals surface area contributed by atoms with Crippen LogP contribution in [0.3, 0.4) is 0 Å². The van der Waals surface area contributed by atoms with Crippen LogP contribution in [0.5, 0.6) is 11.6 Å². The fourth-order valence-electron chi connectivity index (χ4n) is 4.92. The van der Waals surface area contributed by atoms with E-state index in [-0.39, 0.29) is 18.3 Å². The van der Waals surface area contributed by atoms with Crippen molar-refractivity contribution in [3.8, 4) is 17.7 Å². The maximum atomic E-state index is 11.6. The van der Waals surface area contributed by atoms with E-state index in [1.807, 2.05) is 28.1 Å². The number of carboxylic acids is 1. The molecule has 0 unspecified atom stereocenters. The number of hydrogen-bond acceptors (Lipinski definition) is 10. The van der Waals surface area contributed by atoms with Gasteiger partial charge in [0.25, 0.3) is 0 Å². The first-order valence-corrected chi connectivity index (χ1v) is 13.6. The van der Waals surface area contributed by atoms with Gasteiger partial charge in [-0.05, 0) is 42.8 Å². The van der Waals surface area contributed by atoms with Crippen LogP contribution in [0, 0.1) is 11.3 Å². The van der Waals surface area contributed by atoms with Crippen LogP contribution >= 0.6 is 0 Å². The van der Waals surface area contributed by atoms with Crippen molar-refractivity contribution >= 4 is 29.2 Å². The molecule has 1 fully saturated rings. The van der Waals surface area contributed by atoms with E-state index in [0.717, 1.165) is 35.4 Å². The molecular formula is C30H29N7O5. The van der Waals surface area contributed by atoms with Crippen LogP contribution in [0.15, 0.2) is 59.7 Å². The number of benzene rings is 2. The van der Waals surface area contributed by atoms with E-state index in [4.69, 9.17) is 24.5 Å². The first kappa shape index (κ1) is 27.0. The zero-order valence-corrected chi connectivity index (χ0v) is 23.0. The summed E-state index contributed by atoms with van der Waals surface area (Å²) in [6, 6.07) is 17.9.